The molecule has 0 aliphatic rings. The molecule has 0 radical (unpaired) electrons. The second kappa shape index (κ2) is 5.19. The van der Waals surface area contributed by atoms with E-state index in [0.717, 1.165) is 22.2 Å². The van der Waals surface area contributed by atoms with Crippen molar-refractivity contribution in [2.24, 2.45) is 0 Å². The normalized spacial score (nSPS) is 9.73. The van der Waals surface area contributed by atoms with Crippen molar-refractivity contribution in [3.63, 3.8) is 0 Å². The largest absolute Gasteiger partial charge is 0.494 e. The molecule has 2 rings (SSSR count). The van der Waals surface area contributed by atoms with E-state index in [0.29, 0.717) is 5.88 Å². The Labute approximate surface area is 99.6 Å². The number of benzene rings is 1. The highest BCUT2D eigenvalue weighted by Crippen LogP contribution is 2.26. The number of nitrogens with zero attached hydrogens (tertiary/aromatic N) is 1. The fourth-order valence-electron chi connectivity index (χ4n) is 1.49. The molecule has 0 fully saturated rings. The van der Waals surface area contributed by atoms with Crippen LogP contribution < -0.4 is 4.74 Å². The first-order valence-electron chi connectivity index (χ1n) is 4.33. The monoisotopic (exact) mass is 243 g/mol. The lowest BCUT2D eigenvalue weighted by Crippen LogP contribution is -1.90. The number of pyridine rings is 1. The van der Waals surface area contributed by atoms with Gasteiger partial charge in [0.2, 0.25) is 0 Å². The first kappa shape index (κ1) is 12.1. The van der Waals surface area contributed by atoms with Crippen molar-refractivity contribution in [1.82, 2.24) is 4.98 Å². The molecule has 1 aromatic heterocycles. The Morgan fingerprint density at radius 3 is 2.80 bits per heavy atom. The lowest BCUT2D eigenvalue weighted by atomic mass is 10.1. The average Bonchev–Trinajstić information content (AvgIpc) is 2.27. The smallest absolute Gasteiger partial charge is 0.145 e. The van der Waals surface area contributed by atoms with Crippen molar-refractivity contribution in [3.05, 3.63) is 36.0 Å². The van der Waals surface area contributed by atoms with Crippen molar-refractivity contribution in [3.8, 4) is 5.75 Å². The number of hydrogen-bond donors (Lipinski definition) is 0. The van der Waals surface area contributed by atoms with Gasteiger partial charge in [-0.1, -0.05) is 12.1 Å². The number of fused-ring (bicyclic) bond motifs is 1. The number of alkyl halides is 1. The van der Waals surface area contributed by atoms with Crippen molar-refractivity contribution < 1.29 is 4.74 Å². The summed E-state index contributed by atoms with van der Waals surface area (Å²) in [6.07, 6.45) is 1.75. The fourth-order valence-corrected chi connectivity index (χ4v) is 1.72. The van der Waals surface area contributed by atoms with Crippen LogP contribution in [0.5, 0.6) is 5.75 Å². The molecule has 0 atom stereocenters. The maximum Gasteiger partial charge on any atom is 0.145 e. The van der Waals surface area contributed by atoms with E-state index in [-0.39, 0.29) is 12.4 Å². The van der Waals surface area contributed by atoms with Crippen LogP contribution in [-0.4, -0.2) is 12.1 Å². The van der Waals surface area contributed by atoms with E-state index in [1.165, 1.54) is 0 Å². The summed E-state index contributed by atoms with van der Waals surface area (Å²) in [5.41, 5.74) is 1.95. The molecule has 80 valence electrons. The highest BCUT2D eigenvalue weighted by atomic mass is 35.5. The first-order chi connectivity index (χ1) is 6.86. The second-order valence-corrected chi connectivity index (χ2v) is 3.23. The van der Waals surface area contributed by atoms with Crippen molar-refractivity contribution in [1.29, 1.82) is 0 Å². The molecule has 0 bridgehead atoms. The van der Waals surface area contributed by atoms with Crippen LogP contribution in [0.15, 0.2) is 30.5 Å². The Bertz CT molecular complexity index is 417. The summed E-state index contributed by atoms with van der Waals surface area (Å²) < 4.78 is 5.22. The van der Waals surface area contributed by atoms with E-state index >= 15 is 0 Å². The molecule has 1 heterocycles. The van der Waals surface area contributed by atoms with E-state index < -0.39 is 0 Å². The fraction of sp³-hybridized carbons (Fsp3) is 0.182. The van der Waals surface area contributed by atoms with E-state index in [1.807, 2.05) is 24.3 Å². The van der Waals surface area contributed by atoms with Crippen LogP contribution in [0.1, 0.15) is 5.56 Å². The molecule has 0 saturated carbocycles. The van der Waals surface area contributed by atoms with Gasteiger partial charge in [-0.2, -0.15) is 0 Å². The Balaban J connectivity index is 0.00000112. The number of hydrogen-bond acceptors (Lipinski definition) is 2. The lowest BCUT2D eigenvalue weighted by molar-refractivity contribution is 0.419. The number of ether oxygens (including phenoxy) is 1. The molecular weight excluding hydrogens is 233 g/mol. The van der Waals surface area contributed by atoms with E-state index in [4.69, 9.17) is 16.3 Å². The predicted octanol–water partition coefficient (Wildman–Crippen LogP) is 3.40. The SMILES string of the molecule is COc1ccc(CCl)c2cccnc12.Cl. The minimum atomic E-state index is 0. The van der Waals surface area contributed by atoms with Crippen LogP contribution in [0.4, 0.5) is 0 Å². The zero-order chi connectivity index (χ0) is 9.97. The molecule has 4 heteroatoms. The third-order valence-electron chi connectivity index (χ3n) is 2.19. The van der Waals surface area contributed by atoms with Gasteiger partial charge in [0.05, 0.1) is 7.11 Å². The molecule has 0 spiro atoms. The molecule has 15 heavy (non-hydrogen) atoms. The van der Waals surface area contributed by atoms with E-state index in [9.17, 15) is 0 Å². The minimum Gasteiger partial charge on any atom is -0.494 e. The first-order valence-corrected chi connectivity index (χ1v) is 4.87. The molecule has 1 aromatic carbocycles. The number of methoxy groups -OCH3 is 1. The summed E-state index contributed by atoms with van der Waals surface area (Å²) in [6.45, 7) is 0. The maximum atomic E-state index is 5.83. The summed E-state index contributed by atoms with van der Waals surface area (Å²) in [6, 6.07) is 7.77. The third-order valence-corrected chi connectivity index (χ3v) is 2.47. The highest BCUT2D eigenvalue weighted by Gasteiger charge is 2.05. The summed E-state index contributed by atoms with van der Waals surface area (Å²) in [5, 5.41) is 1.06. The van der Waals surface area contributed by atoms with Crippen molar-refractivity contribution in [2.75, 3.05) is 7.11 Å². The van der Waals surface area contributed by atoms with Gasteiger partial charge in [0.25, 0.3) is 0 Å². The van der Waals surface area contributed by atoms with Crippen molar-refractivity contribution >= 4 is 34.9 Å². The van der Waals surface area contributed by atoms with Crippen LogP contribution in [0, 0.1) is 0 Å². The van der Waals surface area contributed by atoms with Gasteiger partial charge in [-0.25, -0.2) is 0 Å². The zero-order valence-corrected chi connectivity index (χ0v) is 9.81. The Morgan fingerprint density at radius 1 is 1.33 bits per heavy atom. The Kier molecular flexibility index (Phi) is 4.18. The standard InChI is InChI=1S/C11H10ClNO.ClH/c1-14-10-5-4-8(7-12)9-3-2-6-13-11(9)10;/h2-6H,7H2,1H3;1H. The Morgan fingerprint density at radius 2 is 2.13 bits per heavy atom. The molecule has 0 N–H and O–H groups in total. The number of halogens is 2. The molecule has 0 saturated heterocycles. The molecule has 0 unspecified atom stereocenters. The highest BCUT2D eigenvalue weighted by molar-refractivity contribution is 6.18. The van der Waals surface area contributed by atoms with E-state index in [1.54, 1.807) is 13.3 Å². The average molecular weight is 244 g/mol. The number of rotatable bonds is 2. The van der Waals surface area contributed by atoms with Gasteiger partial charge in [0, 0.05) is 17.5 Å². The summed E-state index contributed by atoms with van der Waals surface area (Å²) in [4.78, 5) is 4.28. The van der Waals surface area contributed by atoms with E-state index in [2.05, 4.69) is 4.98 Å². The predicted molar refractivity (Wildman–Crippen MR) is 65.1 cm³/mol. The van der Waals surface area contributed by atoms with Gasteiger partial charge in [-0.15, -0.1) is 24.0 Å². The quantitative estimate of drug-likeness (QED) is 0.755. The minimum absolute atomic E-state index is 0. The van der Waals surface area contributed by atoms with Crippen LogP contribution >= 0.6 is 24.0 Å². The topological polar surface area (TPSA) is 22.1 Å². The molecule has 0 aliphatic carbocycles. The third kappa shape index (κ3) is 2.16. The summed E-state index contributed by atoms with van der Waals surface area (Å²) in [7, 11) is 1.64. The summed E-state index contributed by atoms with van der Waals surface area (Å²) in [5.74, 6) is 1.28. The molecule has 0 amide bonds. The van der Waals surface area contributed by atoms with Crippen LogP contribution in [-0.2, 0) is 5.88 Å². The van der Waals surface area contributed by atoms with Gasteiger partial charge in [0.15, 0.2) is 0 Å². The Hall–Kier alpha value is -0.990. The zero-order valence-electron chi connectivity index (χ0n) is 8.24. The molecular formula is C11H11Cl2NO. The molecule has 2 aromatic rings. The second-order valence-electron chi connectivity index (χ2n) is 2.96. The van der Waals surface area contributed by atoms with Gasteiger partial charge < -0.3 is 4.74 Å². The van der Waals surface area contributed by atoms with Gasteiger partial charge >= 0.3 is 0 Å². The molecule has 2 nitrogen and oxygen atoms in total. The van der Waals surface area contributed by atoms with Crippen LogP contribution in [0.25, 0.3) is 10.9 Å². The molecule has 0 aliphatic heterocycles. The van der Waals surface area contributed by atoms with Crippen LogP contribution in [0.3, 0.4) is 0 Å². The van der Waals surface area contributed by atoms with Gasteiger partial charge in [-0.05, 0) is 17.7 Å². The summed E-state index contributed by atoms with van der Waals surface area (Å²) >= 11 is 5.83. The maximum absolute atomic E-state index is 5.83. The number of aromatic nitrogens is 1. The van der Waals surface area contributed by atoms with Crippen LogP contribution in [0.2, 0.25) is 0 Å². The lowest BCUT2D eigenvalue weighted by Gasteiger charge is -2.06. The van der Waals surface area contributed by atoms with Crippen molar-refractivity contribution in [2.45, 2.75) is 5.88 Å². The van der Waals surface area contributed by atoms with Gasteiger partial charge in [0.1, 0.15) is 11.3 Å². The van der Waals surface area contributed by atoms with Gasteiger partial charge in [-0.3, -0.25) is 4.98 Å².